The fourth-order valence-electron chi connectivity index (χ4n) is 1.98. The minimum Gasteiger partial charge on any atom is -0.299 e. The van der Waals surface area contributed by atoms with Gasteiger partial charge in [0.2, 0.25) is 10.0 Å². The summed E-state index contributed by atoms with van der Waals surface area (Å²) in [6.07, 6.45) is 0.252. The van der Waals surface area contributed by atoms with Gasteiger partial charge in [-0.05, 0) is 18.2 Å². The second-order valence-corrected chi connectivity index (χ2v) is 7.31. The first-order valence-corrected chi connectivity index (χ1v) is 8.00. The molecule has 1 heterocycles. The summed E-state index contributed by atoms with van der Waals surface area (Å²) in [6, 6.07) is 4.21. The highest BCUT2D eigenvalue weighted by molar-refractivity contribution is 7.89. The topological polar surface area (TPSA) is 54.5 Å². The number of piperidine rings is 1. The first-order chi connectivity index (χ1) is 8.82. The molecular formula is C12H13Cl2NO3S. The van der Waals surface area contributed by atoms with E-state index in [1.54, 1.807) is 6.92 Å². The Morgan fingerprint density at radius 3 is 2.53 bits per heavy atom. The molecular weight excluding hydrogens is 309 g/mol. The van der Waals surface area contributed by atoms with Crippen molar-refractivity contribution < 1.29 is 13.2 Å². The van der Waals surface area contributed by atoms with Gasteiger partial charge in [-0.2, -0.15) is 4.31 Å². The van der Waals surface area contributed by atoms with Crippen LogP contribution in [0.1, 0.15) is 13.3 Å². The number of carbonyl (C=O) groups excluding carboxylic acids is 1. The summed E-state index contributed by atoms with van der Waals surface area (Å²) in [5.41, 5.74) is 0. The molecule has 19 heavy (non-hydrogen) atoms. The molecule has 1 unspecified atom stereocenters. The third-order valence-electron chi connectivity index (χ3n) is 3.16. The van der Waals surface area contributed by atoms with E-state index in [4.69, 9.17) is 23.2 Å². The Balaban J connectivity index is 2.32. The summed E-state index contributed by atoms with van der Waals surface area (Å²) in [6.45, 7) is 2.16. The van der Waals surface area contributed by atoms with Crippen LogP contribution >= 0.6 is 23.2 Å². The third kappa shape index (κ3) is 2.94. The van der Waals surface area contributed by atoms with Gasteiger partial charge in [0.15, 0.2) is 0 Å². The molecule has 0 radical (unpaired) electrons. The van der Waals surface area contributed by atoms with Crippen LogP contribution in [0, 0.1) is 5.92 Å². The van der Waals surface area contributed by atoms with Crippen molar-refractivity contribution in [1.82, 2.24) is 4.31 Å². The molecule has 1 fully saturated rings. The van der Waals surface area contributed by atoms with Crippen LogP contribution in [0.15, 0.2) is 23.1 Å². The van der Waals surface area contributed by atoms with E-state index in [2.05, 4.69) is 0 Å². The van der Waals surface area contributed by atoms with Gasteiger partial charge in [-0.15, -0.1) is 0 Å². The van der Waals surface area contributed by atoms with Gasteiger partial charge >= 0.3 is 0 Å². The van der Waals surface area contributed by atoms with Crippen LogP contribution in [0.4, 0.5) is 0 Å². The summed E-state index contributed by atoms with van der Waals surface area (Å²) in [5.74, 6) is -0.174. The van der Waals surface area contributed by atoms with Crippen molar-refractivity contribution >= 4 is 39.0 Å². The van der Waals surface area contributed by atoms with Crippen molar-refractivity contribution in [3.63, 3.8) is 0 Å². The molecule has 7 heteroatoms. The average molecular weight is 322 g/mol. The van der Waals surface area contributed by atoms with Gasteiger partial charge in [-0.1, -0.05) is 30.1 Å². The lowest BCUT2D eigenvalue weighted by molar-refractivity contribution is -0.124. The summed E-state index contributed by atoms with van der Waals surface area (Å²) < 4.78 is 26.1. The van der Waals surface area contributed by atoms with Crippen LogP contribution in [-0.2, 0) is 14.8 Å². The summed E-state index contributed by atoms with van der Waals surface area (Å²) >= 11 is 11.6. The normalized spacial score (nSPS) is 21.6. The zero-order valence-electron chi connectivity index (χ0n) is 10.3. The van der Waals surface area contributed by atoms with E-state index in [0.29, 0.717) is 5.02 Å². The molecule has 0 N–H and O–H groups in total. The van der Waals surface area contributed by atoms with Crippen LogP contribution < -0.4 is 0 Å². The van der Waals surface area contributed by atoms with Crippen LogP contribution in [0.3, 0.4) is 0 Å². The molecule has 0 amide bonds. The average Bonchev–Trinajstić information content (AvgIpc) is 2.35. The van der Waals surface area contributed by atoms with Crippen molar-refractivity contribution in [1.29, 1.82) is 0 Å². The molecule has 1 aliphatic heterocycles. The van der Waals surface area contributed by atoms with E-state index in [-0.39, 0.29) is 41.1 Å². The van der Waals surface area contributed by atoms with E-state index in [0.717, 1.165) is 0 Å². The third-order valence-corrected chi connectivity index (χ3v) is 5.76. The largest absolute Gasteiger partial charge is 0.299 e. The Kier molecular flexibility index (Phi) is 4.20. The SMILES string of the molecule is CC1CN(S(=O)(=O)c2ccc(Cl)c(Cl)c2)CCC1=O. The van der Waals surface area contributed by atoms with Gasteiger partial charge in [-0.25, -0.2) is 8.42 Å². The van der Waals surface area contributed by atoms with E-state index in [9.17, 15) is 13.2 Å². The molecule has 0 aromatic heterocycles. The summed E-state index contributed by atoms with van der Waals surface area (Å²) in [5, 5.41) is 0.506. The fourth-order valence-corrected chi connectivity index (χ4v) is 3.90. The van der Waals surface area contributed by atoms with E-state index in [1.165, 1.54) is 22.5 Å². The number of rotatable bonds is 2. The molecule has 1 saturated heterocycles. The highest BCUT2D eigenvalue weighted by Gasteiger charge is 2.32. The minimum atomic E-state index is -3.62. The number of Topliss-reactive ketones (excluding diaryl/α,β-unsaturated/α-hetero) is 1. The highest BCUT2D eigenvalue weighted by Crippen LogP contribution is 2.28. The highest BCUT2D eigenvalue weighted by atomic mass is 35.5. The zero-order valence-corrected chi connectivity index (χ0v) is 12.6. The van der Waals surface area contributed by atoms with Crippen molar-refractivity contribution in [3.05, 3.63) is 28.2 Å². The van der Waals surface area contributed by atoms with Crippen molar-refractivity contribution in [2.75, 3.05) is 13.1 Å². The maximum atomic E-state index is 12.4. The van der Waals surface area contributed by atoms with Gasteiger partial charge in [0.25, 0.3) is 0 Å². The second-order valence-electron chi connectivity index (χ2n) is 4.56. The van der Waals surface area contributed by atoms with Crippen LogP contribution in [0.2, 0.25) is 10.0 Å². The molecule has 0 saturated carbocycles. The number of halogens is 2. The molecule has 104 valence electrons. The Hall–Kier alpha value is -0.620. The maximum absolute atomic E-state index is 12.4. The smallest absolute Gasteiger partial charge is 0.243 e. The first kappa shape index (κ1) is 14.8. The van der Waals surface area contributed by atoms with Gasteiger partial charge in [0.1, 0.15) is 5.78 Å². The Bertz CT molecular complexity index is 615. The Labute approximate surface area is 122 Å². The van der Waals surface area contributed by atoms with Crippen molar-refractivity contribution in [2.45, 2.75) is 18.2 Å². The van der Waals surface area contributed by atoms with Crippen LogP contribution in [0.5, 0.6) is 0 Å². The predicted octanol–water partition coefficient (Wildman–Crippen LogP) is 2.59. The lowest BCUT2D eigenvalue weighted by Crippen LogP contribution is -2.43. The number of hydrogen-bond donors (Lipinski definition) is 0. The van der Waals surface area contributed by atoms with Gasteiger partial charge < -0.3 is 0 Å². The molecule has 4 nitrogen and oxygen atoms in total. The van der Waals surface area contributed by atoms with E-state index >= 15 is 0 Å². The fraction of sp³-hybridized carbons (Fsp3) is 0.417. The molecule has 1 aromatic carbocycles. The number of ketones is 1. The molecule has 0 spiro atoms. The lowest BCUT2D eigenvalue weighted by Gasteiger charge is -2.29. The first-order valence-electron chi connectivity index (χ1n) is 5.80. The Morgan fingerprint density at radius 2 is 1.95 bits per heavy atom. The molecule has 0 bridgehead atoms. The lowest BCUT2D eigenvalue weighted by atomic mass is 10.0. The molecule has 1 atom stereocenters. The Morgan fingerprint density at radius 1 is 1.26 bits per heavy atom. The van der Waals surface area contributed by atoms with E-state index in [1.807, 2.05) is 0 Å². The van der Waals surface area contributed by atoms with Gasteiger partial charge in [-0.3, -0.25) is 4.79 Å². The standard InChI is InChI=1S/C12H13Cl2NO3S/c1-8-7-15(5-4-12(8)16)19(17,18)9-2-3-10(13)11(14)6-9/h2-3,6,8H,4-5,7H2,1H3. The number of hydrogen-bond acceptors (Lipinski definition) is 3. The van der Waals surface area contributed by atoms with Crippen molar-refractivity contribution in [3.8, 4) is 0 Å². The second kappa shape index (κ2) is 5.40. The van der Waals surface area contributed by atoms with Crippen LogP contribution in [0.25, 0.3) is 0 Å². The van der Waals surface area contributed by atoms with Crippen LogP contribution in [-0.4, -0.2) is 31.6 Å². The van der Waals surface area contributed by atoms with Gasteiger partial charge in [0, 0.05) is 25.4 Å². The van der Waals surface area contributed by atoms with Crippen molar-refractivity contribution in [2.24, 2.45) is 5.92 Å². The number of nitrogens with zero attached hydrogens (tertiary/aromatic N) is 1. The molecule has 0 aliphatic carbocycles. The summed E-state index contributed by atoms with van der Waals surface area (Å²) in [4.78, 5) is 11.5. The maximum Gasteiger partial charge on any atom is 0.243 e. The quantitative estimate of drug-likeness (QED) is 0.841. The summed E-state index contributed by atoms with van der Waals surface area (Å²) in [7, 11) is -3.62. The minimum absolute atomic E-state index is 0.0978. The monoisotopic (exact) mass is 321 g/mol. The molecule has 2 rings (SSSR count). The number of carbonyl (C=O) groups is 1. The molecule has 1 aromatic rings. The number of sulfonamides is 1. The zero-order chi connectivity index (χ0) is 14.2. The van der Waals surface area contributed by atoms with Gasteiger partial charge in [0.05, 0.1) is 14.9 Å². The predicted molar refractivity (Wildman–Crippen MR) is 74.0 cm³/mol. The molecule has 1 aliphatic rings. The number of benzene rings is 1. The van der Waals surface area contributed by atoms with E-state index < -0.39 is 10.0 Å².